The maximum atomic E-state index is 12.0. The standard InChI is InChI=1S/C21H36N4O2/c1-17(2)21(26)24-11-9-23(10-12-24)13-14-27-16-19-15-18(3)25(22-19)20-7-5-4-6-8-20/h15,17,20H,4-14,16H2,1-3H3. The van der Waals surface area contributed by atoms with Crippen molar-refractivity contribution in [3.8, 4) is 0 Å². The van der Waals surface area contributed by atoms with Crippen molar-refractivity contribution in [2.45, 2.75) is 65.5 Å². The van der Waals surface area contributed by atoms with Crippen molar-refractivity contribution in [1.29, 1.82) is 0 Å². The zero-order chi connectivity index (χ0) is 19.2. The van der Waals surface area contributed by atoms with E-state index in [0.29, 0.717) is 19.3 Å². The van der Waals surface area contributed by atoms with Crippen molar-refractivity contribution in [3.05, 3.63) is 17.5 Å². The second-order valence-corrected chi connectivity index (χ2v) is 8.39. The molecule has 1 aliphatic carbocycles. The molecule has 152 valence electrons. The summed E-state index contributed by atoms with van der Waals surface area (Å²) in [5.74, 6) is 0.367. The van der Waals surface area contributed by atoms with Crippen LogP contribution < -0.4 is 0 Å². The normalized spacial score (nSPS) is 19.8. The topological polar surface area (TPSA) is 50.6 Å². The molecular weight excluding hydrogens is 340 g/mol. The Kier molecular flexibility index (Phi) is 7.30. The van der Waals surface area contributed by atoms with E-state index in [1.54, 1.807) is 0 Å². The number of carbonyl (C=O) groups is 1. The van der Waals surface area contributed by atoms with Crippen LogP contribution in [-0.4, -0.2) is 64.8 Å². The first-order valence-corrected chi connectivity index (χ1v) is 10.7. The monoisotopic (exact) mass is 376 g/mol. The van der Waals surface area contributed by atoms with Gasteiger partial charge in [-0.05, 0) is 25.8 Å². The first-order valence-electron chi connectivity index (χ1n) is 10.7. The van der Waals surface area contributed by atoms with Crippen molar-refractivity contribution in [2.75, 3.05) is 39.3 Å². The molecule has 1 saturated carbocycles. The van der Waals surface area contributed by atoms with Crippen LogP contribution in [0.1, 0.15) is 63.4 Å². The molecular formula is C21H36N4O2. The SMILES string of the molecule is Cc1cc(COCCN2CCN(C(=O)C(C)C)CC2)nn1C1CCCCC1. The van der Waals surface area contributed by atoms with E-state index in [1.807, 2.05) is 18.7 Å². The lowest BCUT2D eigenvalue weighted by Crippen LogP contribution is -2.50. The van der Waals surface area contributed by atoms with Gasteiger partial charge in [0.1, 0.15) is 0 Å². The number of aromatic nitrogens is 2. The molecule has 0 aromatic carbocycles. The third kappa shape index (κ3) is 5.55. The van der Waals surface area contributed by atoms with Crippen LogP contribution in [0, 0.1) is 12.8 Å². The summed E-state index contributed by atoms with van der Waals surface area (Å²) in [6, 6.07) is 2.75. The van der Waals surface area contributed by atoms with Crippen molar-refractivity contribution in [3.63, 3.8) is 0 Å². The molecule has 2 fully saturated rings. The molecule has 0 spiro atoms. The summed E-state index contributed by atoms with van der Waals surface area (Å²) in [4.78, 5) is 16.4. The Morgan fingerprint density at radius 2 is 1.89 bits per heavy atom. The molecule has 0 unspecified atom stereocenters. The third-order valence-electron chi connectivity index (χ3n) is 5.87. The van der Waals surface area contributed by atoms with Crippen molar-refractivity contribution < 1.29 is 9.53 Å². The zero-order valence-corrected chi connectivity index (χ0v) is 17.3. The lowest BCUT2D eigenvalue weighted by atomic mass is 9.95. The minimum absolute atomic E-state index is 0.0942. The molecule has 6 heteroatoms. The molecule has 27 heavy (non-hydrogen) atoms. The molecule has 3 rings (SSSR count). The van der Waals surface area contributed by atoms with E-state index >= 15 is 0 Å². The molecule has 2 aliphatic rings. The zero-order valence-electron chi connectivity index (χ0n) is 17.3. The number of ether oxygens (including phenoxy) is 1. The third-order valence-corrected chi connectivity index (χ3v) is 5.87. The number of hydrogen-bond donors (Lipinski definition) is 0. The van der Waals surface area contributed by atoms with Gasteiger partial charge in [0, 0.05) is 44.3 Å². The van der Waals surface area contributed by atoms with Crippen LogP contribution in [0.4, 0.5) is 0 Å². The number of hydrogen-bond acceptors (Lipinski definition) is 4. The molecule has 0 N–H and O–H groups in total. The summed E-state index contributed by atoms with van der Waals surface area (Å²) in [7, 11) is 0. The van der Waals surface area contributed by atoms with E-state index in [1.165, 1.54) is 37.8 Å². The number of aryl methyl sites for hydroxylation is 1. The summed E-state index contributed by atoms with van der Waals surface area (Å²) in [5.41, 5.74) is 2.30. The molecule has 1 aromatic heterocycles. The molecule has 1 aromatic rings. The molecule has 0 bridgehead atoms. The summed E-state index contributed by atoms with van der Waals surface area (Å²) in [6.07, 6.45) is 6.53. The van der Waals surface area contributed by atoms with Crippen LogP contribution in [-0.2, 0) is 16.1 Å². The number of rotatable bonds is 7. The maximum Gasteiger partial charge on any atom is 0.225 e. The highest BCUT2D eigenvalue weighted by atomic mass is 16.5. The van der Waals surface area contributed by atoms with Gasteiger partial charge in [0.05, 0.1) is 24.9 Å². The largest absolute Gasteiger partial charge is 0.374 e. The van der Waals surface area contributed by atoms with Gasteiger partial charge in [0.15, 0.2) is 0 Å². The Morgan fingerprint density at radius 3 is 2.56 bits per heavy atom. The van der Waals surface area contributed by atoms with Crippen molar-refractivity contribution >= 4 is 5.91 Å². The fraction of sp³-hybridized carbons (Fsp3) is 0.810. The van der Waals surface area contributed by atoms with Gasteiger partial charge in [-0.15, -0.1) is 0 Å². The average molecular weight is 377 g/mol. The van der Waals surface area contributed by atoms with Gasteiger partial charge in [0.25, 0.3) is 0 Å². The second-order valence-electron chi connectivity index (χ2n) is 8.39. The van der Waals surface area contributed by atoms with Gasteiger partial charge < -0.3 is 9.64 Å². The van der Waals surface area contributed by atoms with E-state index in [9.17, 15) is 4.79 Å². The summed E-state index contributed by atoms with van der Waals surface area (Å²) >= 11 is 0. The number of nitrogens with zero attached hydrogens (tertiary/aromatic N) is 4. The number of carbonyl (C=O) groups excluding carboxylic acids is 1. The van der Waals surface area contributed by atoms with Gasteiger partial charge in [-0.25, -0.2) is 0 Å². The first kappa shape index (κ1) is 20.3. The lowest BCUT2D eigenvalue weighted by Gasteiger charge is -2.35. The quantitative estimate of drug-likeness (QED) is 0.687. The molecule has 0 radical (unpaired) electrons. The highest BCUT2D eigenvalue weighted by molar-refractivity contribution is 5.78. The molecule has 0 atom stereocenters. The van der Waals surface area contributed by atoms with Gasteiger partial charge in [0.2, 0.25) is 5.91 Å². The highest BCUT2D eigenvalue weighted by Gasteiger charge is 2.22. The Balaban J connectivity index is 1.36. The fourth-order valence-electron chi connectivity index (χ4n) is 4.25. The van der Waals surface area contributed by atoms with Gasteiger partial charge in [-0.3, -0.25) is 14.4 Å². The Hall–Kier alpha value is -1.40. The Bertz CT molecular complexity index is 599. The molecule has 6 nitrogen and oxygen atoms in total. The first-order chi connectivity index (χ1) is 13.0. The smallest absolute Gasteiger partial charge is 0.225 e. The van der Waals surface area contributed by atoms with Crippen LogP contribution in [0.25, 0.3) is 0 Å². The summed E-state index contributed by atoms with van der Waals surface area (Å²) < 4.78 is 8.12. The predicted octanol–water partition coefficient (Wildman–Crippen LogP) is 3.01. The van der Waals surface area contributed by atoms with Gasteiger partial charge in [-0.2, -0.15) is 5.10 Å². The van der Waals surface area contributed by atoms with Gasteiger partial charge >= 0.3 is 0 Å². The van der Waals surface area contributed by atoms with E-state index < -0.39 is 0 Å². The van der Waals surface area contributed by atoms with Gasteiger partial charge in [-0.1, -0.05) is 33.1 Å². The molecule has 1 aliphatic heterocycles. The maximum absolute atomic E-state index is 12.0. The van der Waals surface area contributed by atoms with Crippen molar-refractivity contribution in [1.82, 2.24) is 19.6 Å². The number of amides is 1. The van der Waals surface area contributed by atoms with Crippen LogP contribution in [0.5, 0.6) is 0 Å². The summed E-state index contributed by atoms with van der Waals surface area (Å²) in [6.45, 7) is 11.9. The average Bonchev–Trinajstić information content (AvgIpc) is 3.06. The summed E-state index contributed by atoms with van der Waals surface area (Å²) in [5, 5.41) is 4.80. The second kappa shape index (κ2) is 9.69. The number of piperazine rings is 1. The lowest BCUT2D eigenvalue weighted by molar-refractivity contribution is -0.136. The van der Waals surface area contributed by atoms with Crippen LogP contribution >= 0.6 is 0 Å². The predicted molar refractivity (Wildman–Crippen MR) is 107 cm³/mol. The minimum Gasteiger partial charge on any atom is -0.374 e. The van der Waals surface area contributed by atoms with E-state index in [2.05, 4.69) is 22.6 Å². The van der Waals surface area contributed by atoms with Crippen molar-refractivity contribution in [2.24, 2.45) is 5.92 Å². The van der Waals surface area contributed by atoms with Crippen LogP contribution in [0.3, 0.4) is 0 Å². The van der Waals surface area contributed by atoms with E-state index in [4.69, 9.17) is 9.84 Å². The molecule has 2 heterocycles. The van der Waals surface area contributed by atoms with E-state index in [-0.39, 0.29) is 11.8 Å². The Morgan fingerprint density at radius 1 is 1.19 bits per heavy atom. The highest BCUT2D eigenvalue weighted by Crippen LogP contribution is 2.28. The fourth-order valence-corrected chi connectivity index (χ4v) is 4.25. The Labute approximate surface area is 163 Å². The minimum atomic E-state index is 0.0942. The molecule has 1 saturated heterocycles. The van der Waals surface area contributed by atoms with E-state index in [0.717, 1.165) is 38.4 Å². The van der Waals surface area contributed by atoms with Crippen LogP contribution in [0.15, 0.2) is 6.07 Å². The molecule has 1 amide bonds. The van der Waals surface area contributed by atoms with Crippen LogP contribution in [0.2, 0.25) is 0 Å².